The minimum Gasteiger partial charge on any atom is -0.407 e. The minimum atomic E-state index is -3.39. The van der Waals surface area contributed by atoms with E-state index in [2.05, 4.69) is 81.4 Å². The summed E-state index contributed by atoms with van der Waals surface area (Å²) in [4.78, 5) is 0.391. The Labute approximate surface area is 262 Å². The number of ether oxygens (including phenoxy) is 1. The summed E-state index contributed by atoms with van der Waals surface area (Å²) >= 11 is 3.80. The second kappa shape index (κ2) is 13.2. The molecule has 226 valence electrons. The average molecular weight is 641 g/mol. The van der Waals surface area contributed by atoms with Gasteiger partial charge in [-0.15, -0.1) is 23.5 Å². The fourth-order valence-corrected chi connectivity index (χ4v) is 16.1. The molecule has 5 rings (SSSR count). The van der Waals surface area contributed by atoms with E-state index in [1.165, 1.54) is 10.4 Å². The predicted molar refractivity (Wildman–Crippen MR) is 181 cm³/mol. The van der Waals surface area contributed by atoms with Gasteiger partial charge < -0.3 is 9.16 Å². The van der Waals surface area contributed by atoms with Crippen LogP contribution in [0.15, 0.2) is 95.9 Å². The van der Waals surface area contributed by atoms with Gasteiger partial charge in [0, 0.05) is 18.1 Å². The molecule has 0 bridgehead atoms. The molecule has 2 heterocycles. The first-order valence-electron chi connectivity index (χ1n) is 15.0. The van der Waals surface area contributed by atoms with Gasteiger partial charge in [0.2, 0.25) is 0 Å². The van der Waals surface area contributed by atoms with Crippen molar-refractivity contribution < 1.29 is 17.6 Å². The first-order valence-corrected chi connectivity index (χ1v) is 20.6. The van der Waals surface area contributed by atoms with Crippen LogP contribution in [0.4, 0.5) is 0 Å². The fraction of sp³-hybridized carbons (Fsp3) is 0.471. The van der Waals surface area contributed by atoms with E-state index in [0.717, 1.165) is 30.8 Å². The molecule has 3 aromatic rings. The molecule has 8 heteroatoms. The third-order valence-corrected chi connectivity index (χ3v) is 18.8. The normalized spacial score (nSPS) is 21.8. The lowest BCUT2D eigenvalue weighted by molar-refractivity contribution is -0.0689. The van der Waals surface area contributed by atoms with Crippen LogP contribution < -0.4 is 10.4 Å². The van der Waals surface area contributed by atoms with Crippen molar-refractivity contribution in [3.63, 3.8) is 0 Å². The molecule has 0 amide bonds. The molecule has 0 aromatic heterocycles. The zero-order chi connectivity index (χ0) is 29.8. The number of thioether (sulfide) groups is 2. The number of sulfone groups is 1. The molecule has 0 saturated carbocycles. The van der Waals surface area contributed by atoms with Crippen molar-refractivity contribution in [2.24, 2.45) is 11.8 Å². The Balaban J connectivity index is 1.35. The van der Waals surface area contributed by atoms with Crippen molar-refractivity contribution in [2.45, 2.75) is 67.3 Å². The summed E-state index contributed by atoms with van der Waals surface area (Å²) in [5, 5.41) is 2.53. The molecule has 42 heavy (non-hydrogen) atoms. The molecule has 2 saturated heterocycles. The van der Waals surface area contributed by atoms with Gasteiger partial charge >= 0.3 is 0 Å². The number of hydrogen-bond donors (Lipinski definition) is 0. The molecular weight excluding hydrogens is 597 g/mol. The van der Waals surface area contributed by atoms with Crippen molar-refractivity contribution in [1.82, 2.24) is 0 Å². The predicted octanol–water partition coefficient (Wildman–Crippen LogP) is 6.99. The Morgan fingerprint density at radius 3 is 1.95 bits per heavy atom. The quantitative estimate of drug-likeness (QED) is 0.223. The molecule has 0 radical (unpaired) electrons. The first kappa shape index (κ1) is 31.9. The van der Waals surface area contributed by atoms with Crippen LogP contribution in [0.25, 0.3) is 0 Å². The molecule has 3 atom stereocenters. The number of benzene rings is 3. The Hall–Kier alpha value is -1.55. The highest BCUT2D eigenvalue weighted by Crippen LogP contribution is 2.54. The molecule has 4 nitrogen and oxygen atoms in total. The Morgan fingerprint density at radius 2 is 1.43 bits per heavy atom. The molecule has 3 aromatic carbocycles. The van der Waals surface area contributed by atoms with Crippen molar-refractivity contribution in [3.05, 3.63) is 91.0 Å². The van der Waals surface area contributed by atoms with Gasteiger partial charge in [0.15, 0.2) is 14.1 Å². The van der Waals surface area contributed by atoms with E-state index in [4.69, 9.17) is 9.16 Å². The van der Waals surface area contributed by atoms with Crippen molar-refractivity contribution in [3.8, 4) is 0 Å². The SMILES string of the molecule is C[C@H](CS(=O)(=O)c1ccccc1)C1C[C@@H](CCO[Si](c2ccccc2)(c2ccccc2)C(C)(C)C)CC2(O1)SCCS2. The maximum Gasteiger partial charge on any atom is 0.261 e. The molecular formula is C34H44O4S3Si. The summed E-state index contributed by atoms with van der Waals surface area (Å²) in [6.07, 6.45) is 2.67. The van der Waals surface area contributed by atoms with Crippen LogP contribution in [0, 0.1) is 11.8 Å². The molecule has 0 aliphatic carbocycles. The van der Waals surface area contributed by atoms with Gasteiger partial charge in [0.05, 0.1) is 16.8 Å². The fourth-order valence-electron chi connectivity index (χ4n) is 6.60. The smallest absolute Gasteiger partial charge is 0.261 e. The lowest BCUT2D eigenvalue weighted by atomic mass is 9.88. The summed E-state index contributed by atoms with van der Waals surface area (Å²) in [5.41, 5.74) is 0. The van der Waals surface area contributed by atoms with Crippen LogP contribution >= 0.6 is 23.5 Å². The molecule has 1 unspecified atom stereocenters. The Bertz CT molecular complexity index is 1350. The topological polar surface area (TPSA) is 52.6 Å². The van der Waals surface area contributed by atoms with E-state index < -0.39 is 18.2 Å². The van der Waals surface area contributed by atoms with Gasteiger partial charge in [-0.3, -0.25) is 0 Å². The second-order valence-corrected chi connectivity index (χ2v) is 22.0. The van der Waals surface area contributed by atoms with Crippen LogP contribution in [0.3, 0.4) is 0 Å². The van der Waals surface area contributed by atoms with E-state index in [0.29, 0.717) is 17.4 Å². The maximum atomic E-state index is 13.2. The van der Waals surface area contributed by atoms with E-state index in [9.17, 15) is 8.42 Å². The van der Waals surface area contributed by atoms with Crippen LogP contribution in [0.2, 0.25) is 5.04 Å². The lowest BCUT2D eigenvalue weighted by Crippen LogP contribution is -2.66. The molecule has 2 aliphatic heterocycles. The third-order valence-electron chi connectivity index (χ3n) is 8.64. The lowest BCUT2D eigenvalue weighted by Gasteiger charge is -2.45. The summed E-state index contributed by atoms with van der Waals surface area (Å²) < 4.78 is 40.2. The van der Waals surface area contributed by atoms with Crippen LogP contribution in [0.5, 0.6) is 0 Å². The van der Waals surface area contributed by atoms with Crippen LogP contribution in [-0.2, 0) is 19.0 Å². The number of rotatable bonds is 10. The van der Waals surface area contributed by atoms with Crippen molar-refractivity contribution in [2.75, 3.05) is 23.9 Å². The molecule has 2 aliphatic rings. The maximum absolute atomic E-state index is 13.2. The molecule has 1 spiro atoms. The highest BCUT2D eigenvalue weighted by atomic mass is 32.2. The van der Waals surface area contributed by atoms with Gasteiger partial charge in [0.25, 0.3) is 8.32 Å². The largest absolute Gasteiger partial charge is 0.407 e. The van der Waals surface area contributed by atoms with Crippen LogP contribution in [0.1, 0.15) is 47.0 Å². The monoisotopic (exact) mass is 640 g/mol. The summed E-state index contributed by atoms with van der Waals surface area (Å²) in [6, 6.07) is 30.4. The third kappa shape index (κ3) is 6.89. The molecule has 2 fully saturated rings. The first-order chi connectivity index (χ1) is 20.0. The zero-order valence-corrected chi connectivity index (χ0v) is 28.6. The van der Waals surface area contributed by atoms with Gasteiger partial charge in [-0.05, 0) is 58.6 Å². The summed E-state index contributed by atoms with van der Waals surface area (Å²) in [6.45, 7) is 9.68. The zero-order valence-electron chi connectivity index (χ0n) is 25.2. The van der Waals surface area contributed by atoms with Crippen molar-refractivity contribution >= 4 is 52.1 Å². The van der Waals surface area contributed by atoms with Gasteiger partial charge in [0.1, 0.15) is 0 Å². The van der Waals surface area contributed by atoms with Gasteiger partial charge in [-0.2, -0.15) is 0 Å². The average Bonchev–Trinajstić information content (AvgIpc) is 3.42. The van der Waals surface area contributed by atoms with Gasteiger partial charge in [-0.25, -0.2) is 8.42 Å². The standard InChI is InChI=1S/C34H44O4S3Si/c1-27(26-41(35,36)29-14-8-5-9-15-29)32-24-28(25-34(38-32)39-22-23-40-34)20-21-37-42(33(2,3)4,30-16-10-6-11-17-30)31-18-12-7-13-19-31/h5-19,27-28,32H,20-26H2,1-4H3/t27-,28-,32?/m1/s1. The van der Waals surface area contributed by atoms with E-state index in [1.54, 1.807) is 24.3 Å². The van der Waals surface area contributed by atoms with Crippen LogP contribution in [-0.4, -0.2) is 51.0 Å². The van der Waals surface area contributed by atoms with E-state index >= 15 is 0 Å². The minimum absolute atomic E-state index is 0.0629. The summed E-state index contributed by atoms with van der Waals surface area (Å²) in [7, 11) is -5.99. The van der Waals surface area contributed by atoms with Gasteiger partial charge in [-0.1, -0.05) is 107 Å². The van der Waals surface area contributed by atoms with E-state index in [-0.39, 0.29) is 27.1 Å². The van der Waals surface area contributed by atoms with Crippen molar-refractivity contribution in [1.29, 1.82) is 0 Å². The Kier molecular flexibility index (Phi) is 10.0. The second-order valence-electron chi connectivity index (χ2n) is 12.7. The highest BCUT2D eigenvalue weighted by Gasteiger charge is 2.51. The van der Waals surface area contributed by atoms with E-state index in [1.807, 2.05) is 36.5 Å². The molecule has 0 N–H and O–H groups in total. The Morgan fingerprint density at radius 1 is 0.905 bits per heavy atom. The summed E-state index contributed by atoms with van der Waals surface area (Å²) in [5.74, 6) is 2.54. The highest BCUT2D eigenvalue weighted by molar-refractivity contribution is 8.21. The number of hydrogen-bond acceptors (Lipinski definition) is 6.